The Morgan fingerprint density at radius 3 is 2.39 bits per heavy atom. The molecule has 6 nitrogen and oxygen atoms in total. The van der Waals surface area contributed by atoms with Crippen LogP contribution in [0.25, 0.3) is 6.08 Å². The highest BCUT2D eigenvalue weighted by molar-refractivity contribution is 9.13. The molecule has 0 bridgehead atoms. The fraction of sp³-hybridized carbons (Fsp3) is 0.185. The highest BCUT2D eigenvalue weighted by atomic mass is 79.9. The Balaban J connectivity index is 1.48. The zero-order chi connectivity index (χ0) is 25.7. The van der Waals surface area contributed by atoms with Gasteiger partial charge in [0.05, 0.1) is 23.0 Å². The van der Waals surface area contributed by atoms with Gasteiger partial charge >= 0.3 is 0 Å². The van der Waals surface area contributed by atoms with Gasteiger partial charge in [-0.25, -0.2) is 0 Å². The molecule has 0 radical (unpaired) electrons. The summed E-state index contributed by atoms with van der Waals surface area (Å²) in [5.74, 6) is 1.37. The Morgan fingerprint density at radius 1 is 0.972 bits per heavy atom. The first kappa shape index (κ1) is 26.3. The van der Waals surface area contributed by atoms with Gasteiger partial charge in [0.2, 0.25) is 0 Å². The number of rotatable bonds is 9. The van der Waals surface area contributed by atoms with Gasteiger partial charge in [-0.1, -0.05) is 48.0 Å². The number of hydrogen-bond acceptors (Lipinski definition) is 6. The second-order valence-electron chi connectivity index (χ2n) is 7.89. The van der Waals surface area contributed by atoms with Crippen molar-refractivity contribution in [1.29, 1.82) is 0 Å². The van der Waals surface area contributed by atoms with Crippen LogP contribution in [0.1, 0.15) is 16.7 Å². The molecule has 2 amide bonds. The fourth-order valence-electron chi connectivity index (χ4n) is 3.45. The Kier molecular flexibility index (Phi) is 8.77. The number of methoxy groups -OCH3 is 1. The van der Waals surface area contributed by atoms with Gasteiger partial charge in [0.15, 0.2) is 11.5 Å². The van der Waals surface area contributed by atoms with E-state index in [0.29, 0.717) is 43.3 Å². The zero-order valence-electron chi connectivity index (χ0n) is 19.6. The van der Waals surface area contributed by atoms with Gasteiger partial charge in [-0.15, -0.1) is 0 Å². The number of carbonyl (C=O) groups is 2. The van der Waals surface area contributed by atoms with E-state index in [1.165, 1.54) is 4.90 Å². The van der Waals surface area contributed by atoms with Crippen molar-refractivity contribution in [2.75, 3.05) is 20.3 Å². The van der Waals surface area contributed by atoms with Crippen molar-refractivity contribution >= 4 is 60.8 Å². The molecular formula is C27H23Br2NO5S. The lowest BCUT2D eigenvalue weighted by Crippen LogP contribution is -2.32. The number of thioether (sulfide) groups is 1. The summed E-state index contributed by atoms with van der Waals surface area (Å²) in [7, 11) is 1.55. The van der Waals surface area contributed by atoms with Crippen LogP contribution in [0.15, 0.2) is 74.5 Å². The number of aryl methyl sites for hydroxylation is 1. The third-order valence-corrected chi connectivity index (χ3v) is 8.42. The minimum atomic E-state index is -0.358. The van der Waals surface area contributed by atoms with Crippen LogP contribution in [-0.4, -0.2) is 36.3 Å². The van der Waals surface area contributed by atoms with E-state index < -0.39 is 0 Å². The number of benzene rings is 3. The van der Waals surface area contributed by atoms with E-state index in [1.54, 1.807) is 19.3 Å². The molecule has 186 valence electrons. The highest BCUT2D eigenvalue weighted by Crippen LogP contribution is 2.44. The average Bonchev–Trinajstić information content (AvgIpc) is 3.15. The Hall–Kier alpha value is -2.75. The van der Waals surface area contributed by atoms with Gasteiger partial charge in [-0.2, -0.15) is 0 Å². The van der Waals surface area contributed by atoms with Crippen molar-refractivity contribution < 1.29 is 23.8 Å². The van der Waals surface area contributed by atoms with Crippen LogP contribution in [0.4, 0.5) is 4.79 Å². The molecule has 1 fully saturated rings. The lowest BCUT2D eigenvalue weighted by molar-refractivity contribution is -0.123. The molecule has 3 aromatic carbocycles. The standard InChI is InChI=1S/C27H23Br2NO5S/c1-17-8-10-20(11-9-17)34-13-12-30-26(31)22(36-27(30)32)15-19-14-21(33-2)25(24(29)23(19)28)35-16-18-6-4-3-5-7-18/h3-11,14-15H,12-13,16H2,1-2H3/b22-15-. The first-order valence-electron chi connectivity index (χ1n) is 11.0. The minimum absolute atomic E-state index is 0.163. The van der Waals surface area contributed by atoms with Crippen LogP contribution in [-0.2, 0) is 11.4 Å². The van der Waals surface area contributed by atoms with Gasteiger partial charge in [0.25, 0.3) is 11.1 Å². The van der Waals surface area contributed by atoms with Crippen molar-refractivity contribution in [3.63, 3.8) is 0 Å². The van der Waals surface area contributed by atoms with Crippen LogP contribution >= 0.6 is 43.6 Å². The van der Waals surface area contributed by atoms with Crippen molar-refractivity contribution in [3.05, 3.63) is 91.2 Å². The Labute approximate surface area is 230 Å². The molecular weight excluding hydrogens is 610 g/mol. The average molecular weight is 633 g/mol. The second-order valence-corrected chi connectivity index (χ2v) is 10.5. The molecule has 1 heterocycles. The summed E-state index contributed by atoms with van der Waals surface area (Å²) in [6.45, 7) is 2.74. The first-order valence-corrected chi connectivity index (χ1v) is 13.4. The van der Waals surface area contributed by atoms with E-state index in [-0.39, 0.29) is 24.3 Å². The number of nitrogens with zero attached hydrogens (tertiary/aromatic N) is 1. The van der Waals surface area contributed by atoms with Crippen molar-refractivity contribution in [2.24, 2.45) is 0 Å². The predicted octanol–water partition coefficient (Wildman–Crippen LogP) is 7.22. The molecule has 0 aliphatic carbocycles. The SMILES string of the molecule is COc1cc(/C=C2\SC(=O)N(CCOc3ccc(C)cc3)C2=O)c(Br)c(Br)c1OCc1ccccc1. The van der Waals surface area contributed by atoms with E-state index >= 15 is 0 Å². The summed E-state index contributed by atoms with van der Waals surface area (Å²) in [4.78, 5) is 27.0. The fourth-order valence-corrected chi connectivity index (χ4v) is 5.25. The maximum Gasteiger partial charge on any atom is 0.293 e. The summed E-state index contributed by atoms with van der Waals surface area (Å²) >= 11 is 8.06. The quantitative estimate of drug-likeness (QED) is 0.232. The molecule has 1 saturated heterocycles. The maximum atomic E-state index is 13.0. The summed E-state index contributed by atoms with van der Waals surface area (Å²) in [6, 6.07) is 19.2. The smallest absolute Gasteiger partial charge is 0.293 e. The first-order chi connectivity index (χ1) is 17.4. The predicted molar refractivity (Wildman–Crippen MR) is 149 cm³/mol. The molecule has 0 spiro atoms. The molecule has 0 aromatic heterocycles. The summed E-state index contributed by atoms with van der Waals surface area (Å²) in [6.07, 6.45) is 1.67. The van der Waals surface area contributed by atoms with Crippen molar-refractivity contribution in [2.45, 2.75) is 13.5 Å². The van der Waals surface area contributed by atoms with Crippen LogP contribution < -0.4 is 14.2 Å². The van der Waals surface area contributed by atoms with Gasteiger partial charge < -0.3 is 14.2 Å². The molecule has 1 aliphatic heterocycles. The summed E-state index contributed by atoms with van der Waals surface area (Å²) in [5, 5.41) is -0.330. The van der Waals surface area contributed by atoms with Crippen LogP contribution in [0.2, 0.25) is 0 Å². The van der Waals surface area contributed by atoms with Crippen LogP contribution in [0.5, 0.6) is 17.2 Å². The van der Waals surface area contributed by atoms with Gasteiger partial charge in [0.1, 0.15) is 19.0 Å². The number of imide groups is 1. The number of amides is 2. The molecule has 36 heavy (non-hydrogen) atoms. The van der Waals surface area contributed by atoms with E-state index in [9.17, 15) is 9.59 Å². The lowest BCUT2D eigenvalue weighted by Gasteiger charge is -2.16. The van der Waals surface area contributed by atoms with Crippen LogP contribution in [0.3, 0.4) is 0 Å². The minimum Gasteiger partial charge on any atom is -0.493 e. The largest absolute Gasteiger partial charge is 0.493 e. The van der Waals surface area contributed by atoms with Gasteiger partial charge in [0, 0.05) is 4.47 Å². The van der Waals surface area contributed by atoms with Crippen molar-refractivity contribution in [3.8, 4) is 17.2 Å². The molecule has 3 aromatic rings. The number of carbonyl (C=O) groups excluding carboxylic acids is 2. The number of hydrogen-bond donors (Lipinski definition) is 0. The number of ether oxygens (including phenoxy) is 3. The number of halogens is 2. The van der Waals surface area contributed by atoms with Gasteiger partial charge in [-0.3, -0.25) is 14.5 Å². The van der Waals surface area contributed by atoms with E-state index in [1.807, 2.05) is 61.5 Å². The van der Waals surface area contributed by atoms with Crippen molar-refractivity contribution in [1.82, 2.24) is 4.90 Å². The van der Waals surface area contributed by atoms with E-state index in [0.717, 1.165) is 22.9 Å². The van der Waals surface area contributed by atoms with E-state index in [4.69, 9.17) is 14.2 Å². The molecule has 9 heteroatoms. The summed E-state index contributed by atoms with van der Waals surface area (Å²) < 4.78 is 18.6. The molecule has 1 aliphatic rings. The third-order valence-electron chi connectivity index (χ3n) is 5.37. The zero-order valence-corrected chi connectivity index (χ0v) is 23.6. The maximum absolute atomic E-state index is 13.0. The molecule has 0 saturated carbocycles. The van der Waals surface area contributed by atoms with Gasteiger partial charge in [-0.05, 0) is 85.9 Å². The second kappa shape index (κ2) is 12.0. The Bertz CT molecular complexity index is 1300. The monoisotopic (exact) mass is 631 g/mol. The molecule has 0 unspecified atom stereocenters. The molecule has 4 rings (SSSR count). The highest BCUT2D eigenvalue weighted by Gasteiger charge is 2.35. The third kappa shape index (κ3) is 6.14. The Morgan fingerprint density at radius 2 is 1.69 bits per heavy atom. The van der Waals surface area contributed by atoms with E-state index in [2.05, 4.69) is 31.9 Å². The lowest BCUT2D eigenvalue weighted by atomic mass is 10.1. The topological polar surface area (TPSA) is 65.1 Å². The summed E-state index contributed by atoms with van der Waals surface area (Å²) in [5.41, 5.74) is 2.82. The molecule has 0 N–H and O–H groups in total. The normalized spacial score (nSPS) is 14.4. The van der Waals surface area contributed by atoms with Crippen LogP contribution in [0, 0.1) is 6.92 Å². The molecule has 0 atom stereocenters.